The van der Waals surface area contributed by atoms with E-state index in [0.29, 0.717) is 19.6 Å². The first kappa shape index (κ1) is 10.7. The highest BCUT2D eigenvalue weighted by Crippen LogP contribution is 2.09. The van der Waals surface area contributed by atoms with E-state index in [2.05, 4.69) is 5.10 Å². The molecule has 4 heteroatoms. The Morgan fingerprint density at radius 1 is 1.31 bits per heavy atom. The van der Waals surface area contributed by atoms with E-state index in [1.54, 1.807) is 6.21 Å². The van der Waals surface area contributed by atoms with Crippen LogP contribution in [0.25, 0.3) is 0 Å². The molecule has 0 atom stereocenters. The Kier molecular flexibility index (Phi) is 3.53. The minimum atomic E-state index is 0.0692. The average Bonchev–Trinajstić information content (AvgIpc) is 2.72. The Morgan fingerprint density at radius 2 is 2.12 bits per heavy atom. The maximum Gasteiger partial charge on any atom is 0.248 e. The van der Waals surface area contributed by atoms with Crippen LogP contribution in [0.5, 0.6) is 5.75 Å². The fraction of sp³-hybridized carbons (Fsp3) is 0.333. The molecule has 0 aromatic heterocycles. The maximum atomic E-state index is 11.2. The summed E-state index contributed by atoms with van der Waals surface area (Å²) >= 11 is 0. The van der Waals surface area contributed by atoms with Crippen molar-refractivity contribution >= 4 is 12.1 Å². The molecule has 4 nitrogen and oxygen atoms in total. The highest BCUT2D eigenvalue weighted by atomic mass is 16.5. The molecular weight excluding hydrogens is 204 g/mol. The third-order valence-electron chi connectivity index (χ3n) is 2.30. The minimum absolute atomic E-state index is 0.0692. The van der Waals surface area contributed by atoms with Crippen LogP contribution in [0.4, 0.5) is 0 Å². The van der Waals surface area contributed by atoms with Crippen LogP contribution in [-0.2, 0) is 4.79 Å². The monoisotopic (exact) mass is 218 g/mol. The Balaban J connectivity index is 1.66. The van der Waals surface area contributed by atoms with Gasteiger partial charge in [0.25, 0.3) is 0 Å². The number of carbonyl (C=O) groups is 1. The second-order valence-electron chi connectivity index (χ2n) is 3.53. The van der Waals surface area contributed by atoms with Gasteiger partial charge in [-0.2, -0.15) is 5.10 Å². The fourth-order valence-corrected chi connectivity index (χ4v) is 1.49. The smallest absolute Gasteiger partial charge is 0.248 e. The molecule has 0 spiro atoms. The van der Waals surface area contributed by atoms with E-state index in [-0.39, 0.29) is 5.91 Å². The van der Waals surface area contributed by atoms with Crippen molar-refractivity contribution in [3.8, 4) is 5.75 Å². The van der Waals surface area contributed by atoms with E-state index in [1.165, 1.54) is 5.01 Å². The van der Waals surface area contributed by atoms with E-state index in [9.17, 15) is 4.79 Å². The molecule has 1 aromatic rings. The molecule has 1 aliphatic rings. The molecule has 16 heavy (non-hydrogen) atoms. The summed E-state index contributed by atoms with van der Waals surface area (Å²) in [6.45, 7) is 1.23. The van der Waals surface area contributed by atoms with Crippen molar-refractivity contribution < 1.29 is 9.53 Å². The second-order valence-corrected chi connectivity index (χ2v) is 3.53. The molecule has 0 saturated heterocycles. The van der Waals surface area contributed by atoms with Crippen LogP contribution in [0.3, 0.4) is 0 Å². The normalized spacial score (nSPS) is 14.5. The summed E-state index contributed by atoms with van der Waals surface area (Å²) in [7, 11) is 0. The number of nitrogens with zero attached hydrogens (tertiary/aromatic N) is 2. The van der Waals surface area contributed by atoms with Crippen molar-refractivity contribution in [1.29, 1.82) is 0 Å². The number of amides is 1. The van der Waals surface area contributed by atoms with Gasteiger partial charge in [0.15, 0.2) is 0 Å². The Hall–Kier alpha value is -1.84. The quantitative estimate of drug-likeness (QED) is 0.705. The van der Waals surface area contributed by atoms with Crippen LogP contribution in [-0.4, -0.2) is 30.3 Å². The van der Waals surface area contributed by atoms with Crippen molar-refractivity contribution in [2.75, 3.05) is 13.2 Å². The number of ether oxygens (including phenoxy) is 1. The van der Waals surface area contributed by atoms with Gasteiger partial charge < -0.3 is 4.74 Å². The molecule has 0 saturated carbocycles. The first-order valence-electron chi connectivity index (χ1n) is 5.37. The molecule has 0 N–H and O–H groups in total. The summed E-state index contributed by atoms with van der Waals surface area (Å²) in [5.41, 5.74) is 0. The number of hydrogen-bond donors (Lipinski definition) is 0. The molecule has 1 heterocycles. The van der Waals surface area contributed by atoms with Crippen molar-refractivity contribution in [1.82, 2.24) is 5.01 Å². The number of hydrogen-bond acceptors (Lipinski definition) is 3. The van der Waals surface area contributed by atoms with E-state index >= 15 is 0 Å². The molecule has 0 aliphatic carbocycles. The second kappa shape index (κ2) is 5.30. The summed E-state index contributed by atoms with van der Waals surface area (Å²) in [5, 5.41) is 5.46. The Bertz CT molecular complexity index is 376. The number of hydrazone groups is 1. The van der Waals surface area contributed by atoms with Gasteiger partial charge >= 0.3 is 0 Å². The first-order valence-corrected chi connectivity index (χ1v) is 5.37. The zero-order chi connectivity index (χ0) is 11.2. The summed E-state index contributed by atoms with van der Waals surface area (Å²) in [4.78, 5) is 11.2. The van der Waals surface area contributed by atoms with Gasteiger partial charge in [-0.3, -0.25) is 4.79 Å². The number of benzene rings is 1. The molecule has 0 bridgehead atoms. The molecule has 0 fully saturated rings. The molecular formula is C12H14N2O2. The zero-order valence-electron chi connectivity index (χ0n) is 9.00. The summed E-state index contributed by atoms with van der Waals surface area (Å²) in [5.74, 6) is 0.929. The van der Waals surface area contributed by atoms with E-state index in [1.807, 2.05) is 30.3 Å². The van der Waals surface area contributed by atoms with Crippen LogP contribution in [0.2, 0.25) is 0 Å². The minimum Gasteiger partial charge on any atom is -0.494 e. The first-order chi connectivity index (χ1) is 7.86. The van der Waals surface area contributed by atoms with E-state index < -0.39 is 0 Å². The predicted molar refractivity (Wildman–Crippen MR) is 61.4 cm³/mol. The third kappa shape index (κ3) is 2.82. The van der Waals surface area contributed by atoms with E-state index in [0.717, 1.165) is 12.2 Å². The maximum absolute atomic E-state index is 11.2. The highest BCUT2D eigenvalue weighted by Gasteiger charge is 2.15. The van der Waals surface area contributed by atoms with Gasteiger partial charge in [-0.15, -0.1) is 0 Å². The average molecular weight is 218 g/mol. The van der Waals surface area contributed by atoms with Gasteiger partial charge in [0, 0.05) is 19.2 Å². The van der Waals surface area contributed by atoms with Crippen molar-refractivity contribution in [2.45, 2.75) is 12.8 Å². The standard InChI is InChI=1S/C12H14N2O2/c15-12-7-8-13-14(12)9-4-10-16-11-5-2-1-3-6-11/h1-3,5-6,8H,4,7,9-10H2. The molecule has 1 aromatic carbocycles. The largest absolute Gasteiger partial charge is 0.494 e. The molecule has 84 valence electrons. The lowest BCUT2D eigenvalue weighted by molar-refractivity contribution is -0.128. The SMILES string of the molecule is O=C1CC=NN1CCCOc1ccccc1. The molecule has 1 amide bonds. The van der Waals surface area contributed by atoms with Crippen LogP contribution in [0, 0.1) is 0 Å². The van der Waals surface area contributed by atoms with Crippen molar-refractivity contribution in [3.63, 3.8) is 0 Å². The topological polar surface area (TPSA) is 41.9 Å². The van der Waals surface area contributed by atoms with Crippen LogP contribution in [0.1, 0.15) is 12.8 Å². The Morgan fingerprint density at radius 3 is 2.81 bits per heavy atom. The molecule has 1 aliphatic heterocycles. The van der Waals surface area contributed by atoms with Gasteiger partial charge in [-0.1, -0.05) is 18.2 Å². The Labute approximate surface area is 94.5 Å². The van der Waals surface area contributed by atoms with Crippen LogP contribution in [0.15, 0.2) is 35.4 Å². The van der Waals surface area contributed by atoms with Gasteiger partial charge in [0.2, 0.25) is 5.91 Å². The lowest BCUT2D eigenvalue weighted by Gasteiger charge is -2.11. The number of rotatable bonds is 5. The molecule has 2 rings (SSSR count). The third-order valence-corrected chi connectivity index (χ3v) is 2.30. The van der Waals surface area contributed by atoms with Gasteiger partial charge in [-0.25, -0.2) is 5.01 Å². The lowest BCUT2D eigenvalue weighted by atomic mass is 10.3. The van der Waals surface area contributed by atoms with Gasteiger partial charge in [0.1, 0.15) is 5.75 Å². The highest BCUT2D eigenvalue weighted by molar-refractivity contribution is 5.93. The molecule has 0 radical (unpaired) electrons. The number of para-hydroxylation sites is 1. The van der Waals surface area contributed by atoms with Crippen molar-refractivity contribution in [3.05, 3.63) is 30.3 Å². The zero-order valence-corrected chi connectivity index (χ0v) is 9.00. The summed E-state index contributed by atoms with van der Waals surface area (Å²) < 4.78 is 5.51. The van der Waals surface area contributed by atoms with Crippen LogP contribution >= 0.6 is 0 Å². The van der Waals surface area contributed by atoms with E-state index in [4.69, 9.17) is 4.74 Å². The van der Waals surface area contributed by atoms with Crippen molar-refractivity contribution in [2.24, 2.45) is 5.10 Å². The van der Waals surface area contributed by atoms with Gasteiger partial charge in [0.05, 0.1) is 13.0 Å². The molecule has 0 unspecified atom stereocenters. The lowest BCUT2D eigenvalue weighted by Crippen LogP contribution is -2.23. The predicted octanol–water partition coefficient (Wildman–Crippen LogP) is 1.67. The summed E-state index contributed by atoms with van der Waals surface area (Å²) in [6, 6.07) is 9.65. The number of carbonyl (C=O) groups excluding carboxylic acids is 1. The fourth-order valence-electron chi connectivity index (χ4n) is 1.49. The van der Waals surface area contributed by atoms with Gasteiger partial charge in [-0.05, 0) is 12.1 Å². The van der Waals surface area contributed by atoms with Crippen LogP contribution < -0.4 is 4.74 Å². The summed E-state index contributed by atoms with van der Waals surface area (Å²) in [6.07, 6.45) is 2.86.